The molecule has 0 amide bonds. The van der Waals surface area contributed by atoms with Crippen molar-refractivity contribution in [3.05, 3.63) is 45.1 Å². The molecule has 2 heterocycles. The van der Waals surface area contributed by atoms with Crippen molar-refractivity contribution in [2.45, 2.75) is 0 Å². The Morgan fingerprint density at radius 1 is 1.33 bits per heavy atom. The molecular formula is C15H11ClO4S. The van der Waals surface area contributed by atoms with Gasteiger partial charge >= 0.3 is 5.97 Å². The number of rotatable bonds is 3. The van der Waals surface area contributed by atoms with E-state index in [1.165, 1.54) is 11.3 Å². The van der Waals surface area contributed by atoms with Gasteiger partial charge in [-0.1, -0.05) is 17.7 Å². The van der Waals surface area contributed by atoms with Crippen molar-refractivity contribution >= 4 is 40.6 Å². The molecule has 2 aromatic rings. The molecule has 0 atom stereocenters. The molecule has 0 bridgehead atoms. The van der Waals surface area contributed by atoms with Crippen LogP contribution in [0.4, 0.5) is 0 Å². The van der Waals surface area contributed by atoms with Crippen molar-refractivity contribution in [3.63, 3.8) is 0 Å². The maximum absolute atomic E-state index is 11.4. The average Bonchev–Trinajstić information content (AvgIpc) is 2.98. The lowest BCUT2D eigenvalue weighted by molar-refractivity contribution is -0.130. The molecule has 0 radical (unpaired) electrons. The lowest BCUT2D eigenvalue weighted by atomic mass is 10.1. The number of carbonyl (C=O) groups is 1. The Balaban J connectivity index is 2.05. The number of thiophene rings is 1. The predicted molar refractivity (Wildman–Crippen MR) is 82.3 cm³/mol. The summed E-state index contributed by atoms with van der Waals surface area (Å²) in [6, 6.07) is 6.99. The van der Waals surface area contributed by atoms with E-state index in [0.29, 0.717) is 40.2 Å². The van der Waals surface area contributed by atoms with Crippen LogP contribution in [0.2, 0.25) is 5.02 Å². The number of fused-ring (bicyclic) bond motifs is 1. The number of benzene rings is 1. The Kier molecular flexibility index (Phi) is 3.86. The van der Waals surface area contributed by atoms with Gasteiger partial charge in [0.25, 0.3) is 0 Å². The van der Waals surface area contributed by atoms with Crippen LogP contribution < -0.4 is 9.47 Å². The number of hydrogen-bond acceptors (Lipinski definition) is 4. The van der Waals surface area contributed by atoms with Crippen LogP contribution >= 0.6 is 22.9 Å². The van der Waals surface area contributed by atoms with Crippen LogP contribution in [0, 0.1) is 0 Å². The molecular weight excluding hydrogens is 312 g/mol. The van der Waals surface area contributed by atoms with Gasteiger partial charge in [-0.3, -0.25) is 0 Å². The molecule has 1 N–H and O–H groups in total. The molecule has 1 aromatic carbocycles. The van der Waals surface area contributed by atoms with E-state index in [2.05, 4.69) is 0 Å². The summed E-state index contributed by atoms with van der Waals surface area (Å²) in [5.74, 6) is 0.0624. The molecule has 0 aliphatic carbocycles. The summed E-state index contributed by atoms with van der Waals surface area (Å²) in [4.78, 5) is 12.1. The first-order valence-corrected chi connectivity index (χ1v) is 7.49. The van der Waals surface area contributed by atoms with Crippen molar-refractivity contribution in [3.8, 4) is 11.5 Å². The summed E-state index contributed by atoms with van der Waals surface area (Å²) in [5.41, 5.74) is 0.882. The minimum absolute atomic E-state index is 0.220. The summed E-state index contributed by atoms with van der Waals surface area (Å²) < 4.78 is 10.9. The van der Waals surface area contributed by atoms with Gasteiger partial charge in [-0.05, 0) is 35.2 Å². The molecule has 0 unspecified atom stereocenters. The third kappa shape index (κ3) is 2.89. The Morgan fingerprint density at radius 3 is 2.86 bits per heavy atom. The maximum atomic E-state index is 11.4. The van der Waals surface area contributed by atoms with Gasteiger partial charge in [-0.2, -0.15) is 0 Å². The monoisotopic (exact) mass is 322 g/mol. The van der Waals surface area contributed by atoms with E-state index >= 15 is 0 Å². The van der Waals surface area contributed by atoms with Crippen LogP contribution in [0.15, 0.2) is 29.6 Å². The number of aliphatic carboxylic acids is 1. The number of halogens is 1. The molecule has 0 spiro atoms. The molecule has 1 aromatic heterocycles. The van der Waals surface area contributed by atoms with Gasteiger partial charge in [0.1, 0.15) is 13.2 Å². The number of carboxylic acid groups (broad SMARTS) is 1. The van der Waals surface area contributed by atoms with E-state index < -0.39 is 5.97 Å². The zero-order valence-electron chi connectivity index (χ0n) is 10.8. The highest BCUT2D eigenvalue weighted by molar-refractivity contribution is 7.11. The summed E-state index contributed by atoms with van der Waals surface area (Å²) in [5, 5.41) is 11.6. The van der Waals surface area contributed by atoms with E-state index in [-0.39, 0.29) is 5.57 Å². The minimum atomic E-state index is -0.983. The van der Waals surface area contributed by atoms with Crippen molar-refractivity contribution in [1.29, 1.82) is 0 Å². The molecule has 3 rings (SSSR count). The third-order valence-corrected chi connectivity index (χ3v) is 4.13. The summed E-state index contributed by atoms with van der Waals surface area (Å²) >= 11 is 7.53. The first-order chi connectivity index (χ1) is 10.1. The van der Waals surface area contributed by atoms with E-state index in [1.807, 2.05) is 11.4 Å². The third-order valence-electron chi connectivity index (χ3n) is 2.95. The highest BCUT2D eigenvalue weighted by Gasteiger charge is 2.17. The lowest BCUT2D eigenvalue weighted by Gasteiger charge is -2.19. The summed E-state index contributed by atoms with van der Waals surface area (Å²) in [6.45, 7) is 0.907. The van der Waals surface area contributed by atoms with Gasteiger partial charge in [-0.15, -0.1) is 11.3 Å². The SMILES string of the molecule is O=C(O)/C(=C\c1cc(Cl)c2c(c1)OCCO2)c1cccs1. The fourth-order valence-electron chi connectivity index (χ4n) is 2.05. The molecule has 1 aliphatic heterocycles. The number of hydrogen-bond donors (Lipinski definition) is 1. The first-order valence-electron chi connectivity index (χ1n) is 6.23. The van der Waals surface area contributed by atoms with E-state index in [0.717, 1.165) is 0 Å². The van der Waals surface area contributed by atoms with Crippen LogP contribution in [0.25, 0.3) is 11.6 Å². The normalized spacial score (nSPS) is 14.0. The van der Waals surface area contributed by atoms with Crippen LogP contribution in [0.3, 0.4) is 0 Å². The van der Waals surface area contributed by atoms with Gasteiger partial charge in [0.2, 0.25) is 0 Å². The molecule has 4 nitrogen and oxygen atoms in total. The predicted octanol–water partition coefficient (Wildman–Crippen LogP) is 3.80. The standard InChI is InChI=1S/C15H11ClO4S/c16-11-7-9(8-12-14(11)20-4-3-19-12)6-10(15(17)18)13-2-1-5-21-13/h1-2,5-8H,3-4H2,(H,17,18)/b10-6-. The summed E-state index contributed by atoms with van der Waals surface area (Å²) in [7, 11) is 0. The van der Waals surface area contributed by atoms with E-state index in [1.54, 1.807) is 24.3 Å². The first kappa shape index (κ1) is 14.0. The topological polar surface area (TPSA) is 55.8 Å². The van der Waals surface area contributed by atoms with E-state index in [9.17, 15) is 9.90 Å². The zero-order valence-corrected chi connectivity index (χ0v) is 12.4. The Hall–Kier alpha value is -1.98. The molecule has 21 heavy (non-hydrogen) atoms. The lowest BCUT2D eigenvalue weighted by Crippen LogP contribution is -2.15. The fraction of sp³-hybridized carbons (Fsp3) is 0.133. The average molecular weight is 323 g/mol. The molecule has 1 aliphatic rings. The van der Waals surface area contributed by atoms with Gasteiger partial charge < -0.3 is 14.6 Å². The Labute approximate surface area is 130 Å². The van der Waals surface area contributed by atoms with Crippen molar-refractivity contribution in [2.75, 3.05) is 13.2 Å². The Morgan fingerprint density at radius 2 is 2.14 bits per heavy atom. The van der Waals surface area contributed by atoms with Gasteiger partial charge in [0, 0.05) is 4.88 Å². The zero-order chi connectivity index (χ0) is 14.8. The fourth-order valence-corrected chi connectivity index (χ4v) is 3.06. The minimum Gasteiger partial charge on any atom is -0.486 e. The van der Waals surface area contributed by atoms with Gasteiger partial charge in [-0.25, -0.2) is 4.79 Å². The van der Waals surface area contributed by atoms with E-state index in [4.69, 9.17) is 21.1 Å². The second-order valence-corrected chi connectivity index (χ2v) is 5.72. The molecule has 108 valence electrons. The molecule has 0 saturated carbocycles. The highest BCUT2D eigenvalue weighted by atomic mass is 35.5. The highest BCUT2D eigenvalue weighted by Crippen LogP contribution is 2.39. The van der Waals surface area contributed by atoms with Crippen molar-refractivity contribution in [2.24, 2.45) is 0 Å². The Bertz CT molecular complexity index is 707. The quantitative estimate of drug-likeness (QED) is 0.873. The maximum Gasteiger partial charge on any atom is 0.337 e. The second-order valence-electron chi connectivity index (χ2n) is 4.37. The van der Waals surface area contributed by atoms with Crippen LogP contribution in [-0.2, 0) is 4.79 Å². The molecule has 0 fully saturated rings. The summed E-state index contributed by atoms with van der Waals surface area (Å²) in [6.07, 6.45) is 1.58. The smallest absolute Gasteiger partial charge is 0.337 e. The molecule has 6 heteroatoms. The van der Waals surface area contributed by atoms with Gasteiger partial charge in [0.15, 0.2) is 11.5 Å². The second kappa shape index (κ2) is 5.79. The van der Waals surface area contributed by atoms with Crippen molar-refractivity contribution < 1.29 is 19.4 Å². The number of ether oxygens (including phenoxy) is 2. The number of carboxylic acids is 1. The van der Waals surface area contributed by atoms with Gasteiger partial charge in [0.05, 0.1) is 10.6 Å². The van der Waals surface area contributed by atoms with Crippen LogP contribution in [0.1, 0.15) is 10.4 Å². The molecule has 0 saturated heterocycles. The largest absolute Gasteiger partial charge is 0.486 e. The van der Waals surface area contributed by atoms with Crippen LogP contribution in [-0.4, -0.2) is 24.3 Å². The van der Waals surface area contributed by atoms with Crippen molar-refractivity contribution in [1.82, 2.24) is 0 Å². The van der Waals surface area contributed by atoms with Crippen LogP contribution in [0.5, 0.6) is 11.5 Å².